The van der Waals surface area contributed by atoms with Gasteiger partial charge in [-0.3, -0.25) is 4.79 Å². The monoisotopic (exact) mass is 340 g/mol. The van der Waals surface area contributed by atoms with Crippen LogP contribution in [0.5, 0.6) is 0 Å². The second kappa shape index (κ2) is 8.81. The predicted octanol–water partition coefficient (Wildman–Crippen LogP) is 2.65. The van der Waals surface area contributed by atoms with Crippen molar-refractivity contribution in [2.45, 2.75) is 57.7 Å². The van der Waals surface area contributed by atoms with Crippen LogP contribution in [0, 0.1) is 5.92 Å². The molecule has 1 aromatic carbocycles. The summed E-state index contributed by atoms with van der Waals surface area (Å²) in [6, 6.07) is 10.7. The Kier molecular flexibility index (Phi) is 6.23. The van der Waals surface area contributed by atoms with E-state index in [2.05, 4.69) is 39.1 Å². The lowest BCUT2D eigenvalue weighted by Crippen LogP contribution is -2.37. The highest BCUT2D eigenvalue weighted by Crippen LogP contribution is 2.23. The van der Waals surface area contributed by atoms with Gasteiger partial charge in [-0.25, -0.2) is 4.98 Å². The fraction of sp³-hybridized carbons (Fsp3) is 0.500. The molecule has 1 aliphatic rings. The van der Waals surface area contributed by atoms with Gasteiger partial charge in [0, 0.05) is 30.9 Å². The van der Waals surface area contributed by atoms with Gasteiger partial charge in [0.15, 0.2) is 0 Å². The molecule has 0 spiro atoms. The maximum Gasteiger partial charge on any atom is 0.223 e. The summed E-state index contributed by atoms with van der Waals surface area (Å²) in [7, 11) is 0. The zero-order chi connectivity index (χ0) is 17.5. The predicted molar refractivity (Wildman–Crippen MR) is 98.8 cm³/mol. The molecule has 3 rings (SSSR count). The lowest BCUT2D eigenvalue weighted by molar-refractivity contribution is -0.126. The zero-order valence-corrected chi connectivity index (χ0v) is 14.7. The molecule has 2 atom stereocenters. The Bertz CT molecular complexity index is 667. The minimum atomic E-state index is 0.0604. The van der Waals surface area contributed by atoms with Crippen molar-refractivity contribution in [2.75, 3.05) is 0 Å². The minimum Gasteiger partial charge on any atom is -0.349 e. The Labute approximate surface area is 149 Å². The Balaban J connectivity index is 1.45. The third-order valence-corrected chi connectivity index (χ3v) is 5.02. The quantitative estimate of drug-likeness (QED) is 0.814. The third kappa shape index (κ3) is 5.16. The molecule has 5 nitrogen and oxygen atoms in total. The van der Waals surface area contributed by atoms with E-state index in [0.717, 1.165) is 50.9 Å². The molecule has 0 saturated heterocycles. The molecule has 3 N–H and O–H groups in total. The second-order valence-electron chi connectivity index (χ2n) is 6.97. The molecule has 1 fully saturated rings. The molecule has 0 aliphatic heterocycles. The highest BCUT2D eigenvalue weighted by Gasteiger charge is 2.25. The summed E-state index contributed by atoms with van der Waals surface area (Å²) >= 11 is 0. The average Bonchev–Trinajstić information content (AvgIpc) is 3.08. The zero-order valence-electron chi connectivity index (χ0n) is 14.7. The van der Waals surface area contributed by atoms with Crippen molar-refractivity contribution in [1.82, 2.24) is 14.9 Å². The van der Waals surface area contributed by atoms with Crippen LogP contribution >= 0.6 is 0 Å². The summed E-state index contributed by atoms with van der Waals surface area (Å²) in [5, 5.41) is 3.05. The number of benzene rings is 1. The Hall–Kier alpha value is -2.14. The van der Waals surface area contributed by atoms with Crippen LogP contribution in [0.3, 0.4) is 0 Å². The van der Waals surface area contributed by atoms with Crippen LogP contribution in [0.15, 0.2) is 42.7 Å². The van der Waals surface area contributed by atoms with Crippen molar-refractivity contribution >= 4 is 5.91 Å². The number of hydrogen-bond acceptors (Lipinski definition) is 3. The Morgan fingerprint density at radius 1 is 1.28 bits per heavy atom. The largest absolute Gasteiger partial charge is 0.349 e. The molecular weight excluding hydrogens is 312 g/mol. The lowest BCUT2D eigenvalue weighted by Gasteiger charge is -2.25. The number of aromatic nitrogens is 2. The molecule has 1 saturated carbocycles. The van der Waals surface area contributed by atoms with Gasteiger partial charge in [-0.15, -0.1) is 0 Å². The fourth-order valence-electron chi connectivity index (χ4n) is 3.59. The number of imidazole rings is 1. The van der Waals surface area contributed by atoms with Gasteiger partial charge in [0.25, 0.3) is 0 Å². The van der Waals surface area contributed by atoms with Crippen molar-refractivity contribution in [3.63, 3.8) is 0 Å². The first-order chi connectivity index (χ1) is 12.2. The summed E-state index contributed by atoms with van der Waals surface area (Å²) in [5.74, 6) is 1.10. The van der Waals surface area contributed by atoms with E-state index in [1.54, 1.807) is 6.20 Å². The molecule has 5 heteroatoms. The molecule has 134 valence electrons. The summed E-state index contributed by atoms with van der Waals surface area (Å²) < 4.78 is 2.13. The van der Waals surface area contributed by atoms with E-state index in [0.29, 0.717) is 6.54 Å². The number of aryl methyl sites for hydroxylation is 2. The van der Waals surface area contributed by atoms with E-state index in [4.69, 9.17) is 5.73 Å². The first-order valence-electron chi connectivity index (χ1n) is 9.29. The standard InChI is InChI=1S/C20H28N4O/c21-18-10-4-9-17(14-18)20(25)23-15-19-22-11-13-24(19)12-5-8-16-6-2-1-3-7-16/h1-3,6-7,11,13,17-18H,4-5,8-10,12,14-15,21H2,(H,23,25). The highest BCUT2D eigenvalue weighted by molar-refractivity contribution is 5.78. The number of carbonyl (C=O) groups excluding carboxylic acids is 1. The minimum absolute atomic E-state index is 0.0604. The van der Waals surface area contributed by atoms with Gasteiger partial charge in [-0.05, 0) is 37.7 Å². The van der Waals surface area contributed by atoms with Gasteiger partial charge in [-0.1, -0.05) is 36.8 Å². The molecule has 1 aromatic heterocycles. The molecular formula is C20H28N4O. The number of rotatable bonds is 7. The van der Waals surface area contributed by atoms with Gasteiger partial charge in [0.05, 0.1) is 6.54 Å². The summed E-state index contributed by atoms with van der Waals surface area (Å²) in [6.07, 6.45) is 9.73. The van der Waals surface area contributed by atoms with Gasteiger partial charge in [-0.2, -0.15) is 0 Å². The molecule has 2 unspecified atom stereocenters. The van der Waals surface area contributed by atoms with Crippen molar-refractivity contribution in [2.24, 2.45) is 11.7 Å². The van der Waals surface area contributed by atoms with Crippen molar-refractivity contribution in [1.29, 1.82) is 0 Å². The summed E-state index contributed by atoms with van der Waals surface area (Å²) in [4.78, 5) is 16.7. The van der Waals surface area contributed by atoms with E-state index in [1.165, 1.54) is 5.56 Å². The van der Waals surface area contributed by atoms with Gasteiger partial charge >= 0.3 is 0 Å². The van der Waals surface area contributed by atoms with E-state index in [1.807, 2.05) is 12.3 Å². The first kappa shape index (κ1) is 17.7. The molecule has 1 amide bonds. The van der Waals surface area contributed by atoms with Crippen LogP contribution in [0.25, 0.3) is 0 Å². The second-order valence-corrected chi connectivity index (χ2v) is 6.97. The maximum absolute atomic E-state index is 12.3. The summed E-state index contributed by atoms with van der Waals surface area (Å²) in [5.41, 5.74) is 7.34. The Morgan fingerprint density at radius 3 is 2.92 bits per heavy atom. The number of nitrogens with two attached hydrogens (primary N) is 1. The maximum atomic E-state index is 12.3. The van der Waals surface area contributed by atoms with Crippen molar-refractivity contribution < 1.29 is 4.79 Å². The normalized spacial score (nSPS) is 20.4. The SMILES string of the molecule is NC1CCCC(C(=O)NCc2nccn2CCCc2ccccc2)C1. The molecule has 1 heterocycles. The smallest absolute Gasteiger partial charge is 0.223 e. The van der Waals surface area contributed by atoms with Gasteiger partial charge in [0.2, 0.25) is 5.91 Å². The van der Waals surface area contributed by atoms with Crippen LogP contribution in [0.2, 0.25) is 0 Å². The number of nitrogens with one attached hydrogen (secondary N) is 1. The number of amides is 1. The molecule has 0 bridgehead atoms. The number of carbonyl (C=O) groups is 1. The van der Waals surface area contributed by atoms with Gasteiger partial charge < -0.3 is 15.6 Å². The van der Waals surface area contributed by atoms with Crippen molar-refractivity contribution in [3.05, 3.63) is 54.1 Å². The highest BCUT2D eigenvalue weighted by atomic mass is 16.1. The van der Waals surface area contributed by atoms with Crippen LogP contribution < -0.4 is 11.1 Å². The molecule has 25 heavy (non-hydrogen) atoms. The molecule has 2 aromatic rings. The van der Waals surface area contributed by atoms with E-state index in [-0.39, 0.29) is 17.9 Å². The van der Waals surface area contributed by atoms with E-state index >= 15 is 0 Å². The van der Waals surface area contributed by atoms with Crippen LogP contribution in [-0.2, 0) is 24.3 Å². The van der Waals surface area contributed by atoms with Crippen molar-refractivity contribution in [3.8, 4) is 0 Å². The van der Waals surface area contributed by atoms with Crippen LogP contribution in [0.4, 0.5) is 0 Å². The van der Waals surface area contributed by atoms with Gasteiger partial charge in [0.1, 0.15) is 5.82 Å². The Morgan fingerprint density at radius 2 is 2.12 bits per heavy atom. The summed E-state index contributed by atoms with van der Waals surface area (Å²) in [6.45, 7) is 1.40. The number of hydrogen-bond donors (Lipinski definition) is 2. The number of nitrogens with zero attached hydrogens (tertiary/aromatic N) is 2. The molecule has 1 aliphatic carbocycles. The average molecular weight is 340 g/mol. The third-order valence-electron chi connectivity index (χ3n) is 5.02. The molecule has 0 radical (unpaired) electrons. The first-order valence-corrected chi connectivity index (χ1v) is 9.29. The van der Waals surface area contributed by atoms with Crippen LogP contribution in [-0.4, -0.2) is 21.5 Å². The fourth-order valence-corrected chi connectivity index (χ4v) is 3.59. The van der Waals surface area contributed by atoms with E-state index in [9.17, 15) is 4.79 Å². The topological polar surface area (TPSA) is 72.9 Å². The van der Waals surface area contributed by atoms with E-state index < -0.39 is 0 Å². The lowest BCUT2D eigenvalue weighted by atomic mass is 9.85. The van der Waals surface area contributed by atoms with Crippen LogP contribution in [0.1, 0.15) is 43.5 Å².